The molecule has 0 aromatic rings. The maximum absolute atomic E-state index is 12.0. The van der Waals surface area contributed by atoms with E-state index in [1.54, 1.807) is 0 Å². The number of nitrogens with two attached hydrogens (primary N) is 1. The van der Waals surface area contributed by atoms with Crippen molar-refractivity contribution in [1.82, 2.24) is 0 Å². The van der Waals surface area contributed by atoms with Gasteiger partial charge in [-0.3, -0.25) is 4.79 Å². The lowest BCUT2D eigenvalue weighted by Gasteiger charge is -2.38. The molecular formula is C15H27NO2. The number of hydrogen-bond acceptors (Lipinski definition) is 3. The van der Waals surface area contributed by atoms with Crippen LogP contribution in [-0.2, 0) is 9.53 Å². The van der Waals surface area contributed by atoms with Crippen LogP contribution in [0.4, 0.5) is 0 Å². The maximum atomic E-state index is 12.0. The summed E-state index contributed by atoms with van der Waals surface area (Å²) in [6.07, 6.45) is 5.18. The molecule has 2 bridgehead atoms. The third kappa shape index (κ3) is 1.87. The lowest BCUT2D eigenvalue weighted by atomic mass is 9.70. The standard InChI is InChI=1S/C15H27NO2/c1-5-6-11(16)13(17)18-12-9-10-7-8-15(12,4)14(10,2)3/h10-12H,5-9,16H2,1-4H3/t10?,11-,12?,15?/m0/s1. The lowest BCUT2D eigenvalue weighted by molar-refractivity contribution is -0.158. The molecule has 4 atom stereocenters. The number of ether oxygens (including phenoxy) is 1. The van der Waals surface area contributed by atoms with Gasteiger partial charge in [0, 0.05) is 5.41 Å². The topological polar surface area (TPSA) is 52.3 Å². The maximum Gasteiger partial charge on any atom is 0.323 e. The van der Waals surface area contributed by atoms with Crippen LogP contribution in [0.1, 0.15) is 59.8 Å². The minimum atomic E-state index is -0.444. The van der Waals surface area contributed by atoms with Gasteiger partial charge in [0.15, 0.2) is 0 Å². The Hall–Kier alpha value is -0.570. The van der Waals surface area contributed by atoms with Gasteiger partial charge in [0.2, 0.25) is 0 Å². The minimum absolute atomic E-state index is 0.0710. The largest absolute Gasteiger partial charge is 0.461 e. The highest BCUT2D eigenvalue weighted by molar-refractivity contribution is 5.75. The molecule has 0 aliphatic heterocycles. The van der Waals surface area contributed by atoms with E-state index in [-0.39, 0.29) is 22.9 Å². The van der Waals surface area contributed by atoms with Gasteiger partial charge in [0.1, 0.15) is 12.1 Å². The average Bonchev–Trinajstić information content (AvgIpc) is 2.62. The van der Waals surface area contributed by atoms with Crippen molar-refractivity contribution >= 4 is 5.97 Å². The second-order valence-electron chi connectivity index (χ2n) is 6.93. The number of rotatable bonds is 4. The van der Waals surface area contributed by atoms with Gasteiger partial charge >= 0.3 is 5.97 Å². The molecule has 3 unspecified atom stereocenters. The lowest BCUT2D eigenvalue weighted by Crippen LogP contribution is -2.42. The second-order valence-corrected chi connectivity index (χ2v) is 6.93. The van der Waals surface area contributed by atoms with E-state index >= 15 is 0 Å². The molecule has 2 aliphatic carbocycles. The summed E-state index contributed by atoms with van der Waals surface area (Å²) in [4.78, 5) is 12.0. The van der Waals surface area contributed by atoms with Crippen molar-refractivity contribution in [3.8, 4) is 0 Å². The zero-order chi connectivity index (χ0) is 13.6. The molecule has 0 radical (unpaired) electrons. The molecule has 2 N–H and O–H groups in total. The van der Waals surface area contributed by atoms with Gasteiger partial charge in [-0.2, -0.15) is 0 Å². The monoisotopic (exact) mass is 253 g/mol. The second kappa shape index (κ2) is 4.52. The molecule has 0 saturated heterocycles. The Morgan fingerprint density at radius 2 is 2.11 bits per heavy atom. The van der Waals surface area contributed by atoms with E-state index in [1.165, 1.54) is 12.8 Å². The van der Waals surface area contributed by atoms with Crippen molar-refractivity contribution in [3.63, 3.8) is 0 Å². The summed E-state index contributed by atoms with van der Waals surface area (Å²) >= 11 is 0. The summed E-state index contributed by atoms with van der Waals surface area (Å²) in [7, 11) is 0. The first-order chi connectivity index (χ1) is 8.33. The smallest absolute Gasteiger partial charge is 0.323 e. The highest BCUT2D eigenvalue weighted by Gasteiger charge is 2.62. The minimum Gasteiger partial charge on any atom is -0.461 e. The molecule has 0 amide bonds. The van der Waals surface area contributed by atoms with Crippen molar-refractivity contribution in [2.45, 2.75) is 71.9 Å². The third-order valence-corrected chi connectivity index (χ3v) is 5.87. The fourth-order valence-corrected chi connectivity index (χ4v) is 3.96. The number of esters is 1. The number of fused-ring (bicyclic) bond motifs is 2. The first-order valence-electron chi connectivity index (χ1n) is 7.29. The number of carbonyl (C=O) groups excluding carboxylic acids is 1. The Morgan fingerprint density at radius 3 is 2.56 bits per heavy atom. The van der Waals surface area contributed by atoms with Gasteiger partial charge in [-0.25, -0.2) is 0 Å². The van der Waals surface area contributed by atoms with Gasteiger partial charge < -0.3 is 10.5 Å². The Bertz CT molecular complexity index is 339. The normalized spacial score (nSPS) is 38.7. The Kier molecular flexibility index (Phi) is 3.48. The molecule has 2 fully saturated rings. The fraction of sp³-hybridized carbons (Fsp3) is 0.933. The van der Waals surface area contributed by atoms with Gasteiger partial charge in [-0.05, 0) is 37.0 Å². The Labute approximate surface area is 110 Å². The zero-order valence-corrected chi connectivity index (χ0v) is 12.2. The van der Waals surface area contributed by atoms with Crippen molar-refractivity contribution in [2.75, 3.05) is 0 Å². The van der Waals surface area contributed by atoms with Crippen LogP contribution in [0.25, 0.3) is 0 Å². The van der Waals surface area contributed by atoms with Crippen LogP contribution in [0.15, 0.2) is 0 Å². The first-order valence-corrected chi connectivity index (χ1v) is 7.29. The highest BCUT2D eigenvalue weighted by atomic mass is 16.5. The van der Waals surface area contributed by atoms with Gasteiger partial charge in [-0.1, -0.05) is 34.1 Å². The van der Waals surface area contributed by atoms with Crippen molar-refractivity contribution in [3.05, 3.63) is 0 Å². The van der Waals surface area contributed by atoms with Crippen LogP contribution in [0.5, 0.6) is 0 Å². The molecule has 0 aromatic heterocycles. The average molecular weight is 253 g/mol. The van der Waals surface area contributed by atoms with Crippen LogP contribution >= 0.6 is 0 Å². The van der Waals surface area contributed by atoms with Crippen molar-refractivity contribution in [1.29, 1.82) is 0 Å². The van der Waals surface area contributed by atoms with Crippen LogP contribution in [0, 0.1) is 16.7 Å². The predicted molar refractivity (Wildman–Crippen MR) is 72.0 cm³/mol. The highest BCUT2D eigenvalue weighted by Crippen LogP contribution is 2.66. The molecule has 2 saturated carbocycles. The summed E-state index contributed by atoms with van der Waals surface area (Å²) in [6, 6.07) is -0.444. The van der Waals surface area contributed by atoms with Crippen LogP contribution in [0.2, 0.25) is 0 Å². The molecule has 104 valence electrons. The quantitative estimate of drug-likeness (QED) is 0.784. The summed E-state index contributed by atoms with van der Waals surface area (Å²) in [5, 5.41) is 0. The van der Waals surface area contributed by atoms with E-state index in [0.29, 0.717) is 5.92 Å². The number of hydrogen-bond donors (Lipinski definition) is 1. The summed E-state index contributed by atoms with van der Waals surface area (Å²) in [5.74, 6) is 0.495. The van der Waals surface area contributed by atoms with Gasteiger partial charge in [0.25, 0.3) is 0 Å². The zero-order valence-electron chi connectivity index (χ0n) is 12.2. The summed E-state index contributed by atoms with van der Waals surface area (Å²) in [5.41, 5.74) is 6.26. The van der Waals surface area contributed by atoms with E-state index < -0.39 is 6.04 Å². The third-order valence-electron chi connectivity index (χ3n) is 5.87. The molecule has 2 rings (SSSR count). The summed E-state index contributed by atoms with van der Waals surface area (Å²) < 4.78 is 5.73. The van der Waals surface area contributed by atoms with Crippen molar-refractivity contribution < 1.29 is 9.53 Å². The Morgan fingerprint density at radius 1 is 1.44 bits per heavy atom. The molecule has 0 aromatic carbocycles. The Balaban J connectivity index is 2.03. The fourth-order valence-electron chi connectivity index (χ4n) is 3.96. The van der Waals surface area contributed by atoms with Crippen LogP contribution < -0.4 is 5.73 Å². The van der Waals surface area contributed by atoms with Crippen molar-refractivity contribution in [2.24, 2.45) is 22.5 Å². The molecule has 0 spiro atoms. The van der Waals surface area contributed by atoms with Crippen LogP contribution in [-0.4, -0.2) is 18.1 Å². The summed E-state index contributed by atoms with van der Waals surface area (Å²) in [6.45, 7) is 8.97. The molecule has 18 heavy (non-hydrogen) atoms. The predicted octanol–water partition coefficient (Wildman–Crippen LogP) is 2.87. The number of carbonyl (C=O) groups is 1. The molecule has 0 heterocycles. The van der Waals surface area contributed by atoms with Crippen LogP contribution in [0.3, 0.4) is 0 Å². The molecule has 2 aliphatic rings. The van der Waals surface area contributed by atoms with E-state index in [0.717, 1.165) is 19.3 Å². The first kappa shape index (κ1) is 13.9. The van der Waals surface area contributed by atoms with E-state index in [1.807, 2.05) is 6.92 Å². The van der Waals surface area contributed by atoms with Gasteiger partial charge in [-0.15, -0.1) is 0 Å². The van der Waals surface area contributed by atoms with E-state index in [2.05, 4.69) is 20.8 Å². The molecular weight excluding hydrogens is 226 g/mol. The molecule has 3 nitrogen and oxygen atoms in total. The SMILES string of the molecule is CCC[C@H](N)C(=O)OC1CC2CCC1(C)C2(C)C. The van der Waals surface area contributed by atoms with E-state index in [9.17, 15) is 4.79 Å². The van der Waals surface area contributed by atoms with Gasteiger partial charge in [0.05, 0.1) is 0 Å². The van der Waals surface area contributed by atoms with E-state index in [4.69, 9.17) is 10.5 Å². The molecule has 3 heteroatoms.